The monoisotopic (exact) mass is 390 g/mol. The van der Waals surface area contributed by atoms with Gasteiger partial charge in [-0.25, -0.2) is 0 Å². The summed E-state index contributed by atoms with van der Waals surface area (Å²) in [6, 6.07) is 14.9. The molecule has 1 aromatic heterocycles. The molecule has 3 aromatic rings. The van der Waals surface area contributed by atoms with Gasteiger partial charge in [0.2, 0.25) is 5.76 Å². The third-order valence-electron chi connectivity index (χ3n) is 5.58. The Morgan fingerprint density at radius 1 is 1.03 bits per heavy atom. The summed E-state index contributed by atoms with van der Waals surface area (Å²) >= 11 is 0. The van der Waals surface area contributed by atoms with Crippen molar-refractivity contribution in [2.75, 3.05) is 27.2 Å². The van der Waals surface area contributed by atoms with Crippen molar-refractivity contribution in [2.45, 2.75) is 25.8 Å². The molecule has 1 aliphatic rings. The number of hydrogen-bond acceptors (Lipinski definition) is 4. The first-order valence-corrected chi connectivity index (χ1v) is 9.99. The number of rotatable bonds is 5. The van der Waals surface area contributed by atoms with Crippen LogP contribution in [0.4, 0.5) is 0 Å². The van der Waals surface area contributed by atoms with Gasteiger partial charge in [-0.2, -0.15) is 0 Å². The van der Waals surface area contributed by atoms with Gasteiger partial charge < -0.3 is 14.2 Å². The Bertz CT molecular complexity index is 1110. The fourth-order valence-corrected chi connectivity index (χ4v) is 3.92. The van der Waals surface area contributed by atoms with Crippen LogP contribution in [0.25, 0.3) is 11.0 Å². The molecule has 0 saturated heterocycles. The molecule has 4 rings (SSSR count). The van der Waals surface area contributed by atoms with E-state index in [0.29, 0.717) is 35.5 Å². The molecule has 0 N–H and O–H groups in total. The molecule has 0 saturated carbocycles. The lowest BCUT2D eigenvalue weighted by Crippen LogP contribution is -2.35. The highest BCUT2D eigenvalue weighted by Gasteiger charge is 2.42. The quantitative estimate of drug-likeness (QED) is 0.660. The third kappa shape index (κ3) is 3.36. The molecule has 1 atom stereocenters. The summed E-state index contributed by atoms with van der Waals surface area (Å²) in [5.74, 6) is 0.369. The van der Waals surface area contributed by atoms with Crippen LogP contribution in [-0.4, -0.2) is 42.9 Å². The van der Waals surface area contributed by atoms with Crippen molar-refractivity contribution in [3.8, 4) is 0 Å². The van der Waals surface area contributed by atoms with Gasteiger partial charge in [0.1, 0.15) is 5.58 Å². The van der Waals surface area contributed by atoms with Crippen molar-refractivity contribution in [3.63, 3.8) is 0 Å². The number of amides is 1. The Kier molecular flexibility index (Phi) is 5.01. The van der Waals surface area contributed by atoms with Gasteiger partial charge in [-0.15, -0.1) is 0 Å². The number of benzene rings is 2. The van der Waals surface area contributed by atoms with E-state index in [0.717, 1.165) is 5.56 Å². The van der Waals surface area contributed by atoms with Crippen molar-refractivity contribution in [1.29, 1.82) is 0 Å². The maximum atomic E-state index is 13.4. The molecule has 0 radical (unpaired) electrons. The minimum atomic E-state index is -0.431. The van der Waals surface area contributed by atoms with Gasteiger partial charge >= 0.3 is 0 Å². The molecule has 150 valence electrons. The minimum Gasteiger partial charge on any atom is -0.450 e. The lowest BCUT2D eigenvalue weighted by molar-refractivity contribution is 0.0716. The fraction of sp³-hybridized carbons (Fsp3) is 0.333. The molecule has 0 fully saturated rings. The molecule has 2 heterocycles. The van der Waals surface area contributed by atoms with E-state index in [2.05, 4.69) is 26.0 Å². The number of likely N-dealkylation sites (N-methyl/N-ethyl adjacent to an activating group) is 1. The Balaban J connectivity index is 1.89. The van der Waals surface area contributed by atoms with Crippen LogP contribution >= 0.6 is 0 Å². The highest BCUT2D eigenvalue weighted by atomic mass is 16.3. The van der Waals surface area contributed by atoms with Crippen molar-refractivity contribution in [3.05, 3.63) is 81.2 Å². The van der Waals surface area contributed by atoms with Gasteiger partial charge in [0.15, 0.2) is 5.43 Å². The smallest absolute Gasteiger partial charge is 0.290 e. The van der Waals surface area contributed by atoms with Gasteiger partial charge in [0.25, 0.3) is 5.91 Å². The fourth-order valence-electron chi connectivity index (χ4n) is 3.92. The van der Waals surface area contributed by atoms with Gasteiger partial charge in [0, 0.05) is 13.1 Å². The summed E-state index contributed by atoms with van der Waals surface area (Å²) in [7, 11) is 3.94. The van der Waals surface area contributed by atoms with Crippen LogP contribution in [-0.2, 0) is 0 Å². The maximum absolute atomic E-state index is 13.4. The van der Waals surface area contributed by atoms with E-state index in [-0.39, 0.29) is 17.1 Å². The minimum absolute atomic E-state index is 0.125. The van der Waals surface area contributed by atoms with Gasteiger partial charge in [-0.05, 0) is 43.3 Å². The molecular formula is C24H26N2O3. The highest BCUT2D eigenvalue weighted by molar-refractivity contribution is 5.99. The molecule has 29 heavy (non-hydrogen) atoms. The highest BCUT2D eigenvalue weighted by Crippen LogP contribution is 2.38. The summed E-state index contributed by atoms with van der Waals surface area (Å²) in [4.78, 5) is 30.4. The molecule has 0 bridgehead atoms. The summed E-state index contributed by atoms with van der Waals surface area (Å²) < 4.78 is 5.94. The molecule has 5 heteroatoms. The van der Waals surface area contributed by atoms with Crippen LogP contribution in [0.2, 0.25) is 0 Å². The second kappa shape index (κ2) is 7.48. The second-order valence-corrected chi connectivity index (χ2v) is 8.20. The predicted octanol–water partition coefficient (Wildman–Crippen LogP) is 4.02. The summed E-state index contributed by atoms with van der Waals surface area (Å²) in [6.45, 7) is 5.51. The predicted molar refractivity (Wildman–Crippen MR) is 114 cm³/mol. The molecule has 1 amide bonds. The van der Waals surface area contributed by atoms with Crippen molar-refractivity contribution in [2.24, 2.45) is 0 Å². The Morgan fingerprint density at radius 2 is 1.72 bits per heavy atom. The Morgan fingerprint density at radius 3 is 2.38 bits per heavy atom. The number of nitrogens with zero attached hydrogens (tertiary/aromatic N) is 2. The average molecular weight is 390 g/mol. The SMILES string of the molecule is CC(C)c1ccc([C@H]2c3c(oc4ccccc4c3=O)C(=O)N2CCN(C)C)cc1. The molecule has 2 aromatic carbocycles. The zero-order chi connectivity index (χ0) is 20.7. The van der Waals surface area contributed by atoms with E-state index in [9.17, 15) is 9.59 Å². The third-order valence-corrected chi connectivity index (χ3v) is 5.58. The lowest BCUT2D eigenvalue weighted by Gasteiger charge is -2.26. The first-order valence-electron chi connectivity index (χ1n) is 9.99. The normalized spacial score (nSPS) is 16.3. The van der Waals surface area contributed by atoms with E-state index in [1.165, 1.54) is 5.56 Å². The topological polar surface area (TPSA) is 53.8 Å². The number of carbonyl (C=O) groups is 1. The largest absolute Gasteiger partial charge is 0.450 e. The summed E-state index contributed by atoms with van der Waals surface area (Å²) in [5, 5.41) is 0.511. The number of para-hydroxylation sites is 1. The first-order chi connectivity index (χ1) is 13.9. The first kappa shape index (κ1) is 19.4. The molecular weight excluding hydrogens is 364 g/mol. The van der Waals surface area contributed by atoms with E-state index >= 15 is 0 Å². The van der Waals surface area contributed by atoms with E-state index in [1.54, 1.807) is 17.0 Å². The molecule has 0 spiro atoms. The van der Waals surface area contributed by atoms with Crippen LogP contribution in [0, 0.1) is 0 Å². The zero-order valence-electron chi connectivity index (χ0n) is 17.3. The average Bonchev–Trinajstić information content (AvgIpc) is 2.99. The van der Waals surface area contributed by atoms with Crippen LogP contribution in [0.3, 0.4) is 0 Å². The number of carbonyl (C=O) groups excluding carboxylic acids is 1. The van der Waals surface area contributed by atoms with E-state index in [4.69, 9.17) is 4.42 Å². The van der Waals surface area contributed by atoms with Crippen molar-refractivity contribution in [1.82, 2.24) is 9.80 Å². The molecule has 1 aliphatic heterocycles. The maximum Gasteiger partial charge on any atom is 0.290 e. The van der Waals surface area contributed by atoms with E-state index < -0.39 is 6.04 Å². The Hall–Kier alpha value is -2.92. The van der Waals surface area contributed by atoms with Crippen molar-refractivity contribution < 1.29 is 9.21 Å². The Labute approximate surface area is 170 Å². The van der Waals surface area contributed by atoms with Gasteiger partial charge in [0.05, 0.1) is 17.0 Å². The van der Waals surface area contributed by atoms with Crippen LogP contribution in [0.5, 0.6) is 0 Å². The van der Waals surface area contributed by atoms with Crippen molar-refractivity contribution >= 4 is 16.9 Å². The number of hydrogen-bond donors (Lipinski definition) is 0. The van der Waals surface area contributed by atoms with Crippen LogP contribution < -0.4 is 5.43 Å². The summed E-state index contributed by atoms with van der Waals surface area (Å²) in [5.41, 5.74) is 2.93. The second-order valence-electron chi connectivity index (χ2n) is 8.20. The lowest BCUT2D eigenvalue weighted by atomic mass is 9.95. The van der Waals surface area contributed by atoms with Gasteiger partial charge in [-0.1, -0.05) is 50.2 Å². The summed E-state index contributed by atoms with van der Waals surface area (Å²) in [6.07, 6.45) is 0. The molecule has 0 unspecified atom stereocenters. The van der Waals surface area contributed by atoms with E-state index in [1.807, 2.05) is 43.3 Å². The standard InChI is InChI=1S/C24H26N2O3/c1-15(2)16-9-11-17(12-10-16)21-20-22(27)18-7-5-6-8-19(18)29-23(20)24(28)26(21)14-13-25(3)4/h5-12,15,21H,13-14H2,1-4H3/t21-/m0/s1. The van der Waals surface area contributed by atoms with Gasteiger partial charge in [-0.3, -0.25) is 9.59 Å². The van der Waals surface area contributed by atoms with Crippen LogP contribution in [0.15, 0.2) is 57.7 Å². The molecule has 0 aliphatic carbocycles. The number of fused-ring (bicyclic) bond motifs is 2. The molecule has 5 nitrogen and oxygen atoms in total. The zero-order valence-corrected chi connectivity index (χ0v) is 17.3. The van der Waals surface area contributed by atoms with Crippen LogP contribution in [0.1, 0.15) is 53.1 Å².